The molecular formula is C27H28ClN3O4S. The first kappa shape index (κ1) is 25.7. The van der Waals surface area contributed by atoms with E-state index in [2.05, 4.69) is 5.32 Å². The first-order valence-electron chi connectivity index (χ1n) is 11.7. The van der Waals surface area contributed by atoms with Crippen LogP contribution in [0.15, 0.2) is 77.7 Å². The Balaban J connectivity index is 1.50. The highest BCUT2D eigenvalue weighted by Gasteiger charge is 2.28. The average molecular weight is 526 g/mol. The van der Waals surface area contributed by atoms with Crippen molar-refractivity contribution in [3.05, 3.63) is 94.5 Å². The van der Waals surface area contributed by atoms with Gasteiger partial charge in [-0.25, -0.2) is 8.42 Å². The first-order valence-corrected chi connectivity index (χ1v) is 13.5. The van der Waals surface area contributed by atoms with Gasteiger partial charge in [-0.1, -0.05) is 60.1 Å². The highest BCUT2D eigenvalue weighted by atomic mass is 35.5. The predicted octanol–water partition coefficient (Wildman–Crippen LogP) is 4.28. The summed E-state index contributed by atoms with van der Waals surface area (Å²) in [5.74, 6) is -0.293. The molecule has 1 aliphatic heterocycles. The van der Waals surface area contributed by atoms with E-state index in [0.29, 0.717) is 29.2 Å². The van der Waals surface area contributed by atoms with Crippen molar-refractivity contribution in [2.75, 3.05) is 17.4 Å². The number of rotatable bonds is 9. The molecule has 1 fully saturated rings. The van der Waals surface area contributed by atoms with Gasteiger partial charge in [-0.15, -0.1) is 0 Å². The molecule has 1 saturated heterocycles. The van der Waals surface area contributed by atoms with Crippen LogP contribution in [0.4, 0.5) is 5.69 Å². The van der Waals surface area contributed by atoms with Crippen molar-refractivity contribution in [3.8, 4) is 0 Å². The summed E-state index contributed by atoms with van der Waals surface area (Å²) in [6, 6.07) is 20.6. The van der Waals surface area contributed by atoms with Crippen molar-refractivity contribution < 1.29 is 18.0 Å². The Kier molecular flexibility index (Phi) is 7.96. The third-order valence-corrected chi connectivity index (χ3v) is 8.09. The summed E-state index contributed by atoms with van der Waals surface area (Å²) in [5, 5.41) is 3.20. The number of benzene rings is 3. The van der Waals surface area contributed by atoms with E-state index in [1.807, 2.05) is 29.2 Å². The van der Waals surface area contributed by atoms with Gasteiger partial charge in [0, 0.05) is 31.1 Å². The number of hydrogen-bond donors (Lipinski definition) is 1. The largest absolute Gasteiger partial charge is 0.350 e. The topological polar surface area (TPSA) is 86.8 Å². The van der Waals surface area contributed by atoms with Crippen LogP contribution in [-0.2, 0) is 32.7 Å². The number of nitrogens with zero attached hydrogens (tertiary/aromatic N) is 2. The van der Waals surface area contributed by atoms with E-state index in [1.54, 1.807) is 43.3 Å². The van der Waals surface area contributed by atoms with Crippen LogP contribution >= 0.6 is 11.6 Å². The van der Waals surface area contributed by atoms with E-state index in [0.717, 1.165) is 28.4 Å². The molecule has 0 atom stereocenters. The van der Waals surface area contributed by atoms with Crippen molar-refractivity contribution in [3.63, 3.8) is 0 Å². The van der Waals surface area contributed by atoms with Gasteiger partial charge >= 0.3 is 0 Å². The highest BCUT2D eigenvalue weighted by Crippen LogP contribution is 2.29. The summed E-state index contributed by atoms with van der Waals surface area (Å²) in [7, 11) is -4.02. The molecule has 4 rings (SSSR count). The van der Waals surface area contributed by atoms with Crippen LogP contribution in [0.5, 0.6) is 0 Å². The number of hydrogen-bond acceptors (Lipinski definition) is 4. The van der Waals surface area contributed by atoms with Crippen LogP contribution in [0, 0.1) is 6.92 Å². The minimum atomic E-state index is -4.02. The molecule has 188 valence electrons. The molecule has 0 spiro atoms. The van der Waals surface area contributed by atoms with E-state index in [9.17, 15) is 18.0 Å². The first-order chi connectivity index (χ1) is 17.2. The number of sulfonamides is 1. The summed E-state index contributed by atoms with van der Waals surface area (Å²) in [5.41, 5.74) is 2.87. The monoisotopic (exact) mass is 525 g/mol. The smallest absolute Gasteiger partial charge is 0.264 e. The average Bonchev–Trinajstić information content (AvgIpc) is 3.27. The van der Waals surface area contributed by atoms with Gasteiger partial charge in [0.05, 0.1) is 10.6 Å². The molecule has 3 aromatic carbocycles. The molecule has 2 amide bonds. The molecule has 1 N–H and O–H groups in total. The zero-order valence-electron chi connectivity index (χ0n) is 20.0. The van der Waals surface area contributed by atoms with E-state index in [4.69, 9.17) is 11.6 Å². The predicted molar refractivity (Wildman–Crippen MR) is 140 cm³/mol. The highest BCUT2D eigenvalue weighted by molar-refractivity contribution is 7.92. The van der Waals surface area contributed by atoms with Gasteiger partial charge in [0.25, 0.3) is 10.0 Å². The second-order valence-corrected chi connectivity index (χ2v) is 11.1. The van der Waals surface area contributed by atoms with Crippen LogP contribution in [0.1, 0.15) is 29.5 Å². The fourth-order valence-corrected chi connectivity index (χ4v) is 5.85. The van der Waals surface area contributed by atoms with Crippen molar-refractivity contribution in [1.29, 1.82) is 0 Å². The fourth-order valence-electron chi connectivity index (χ4n) is 4.19. The third kappa shape index (κ3) is 6.06. The maximum absolute atomic E-state index is 13.5. The molecule has 36 heavy (non-hydrogen) atoms. The lowest BCUT2D eigenvalue weighted by atomic mass is 10.1. The molecule has 7 nitrogen and oxygen atoms in total. The lowest BCUT2D eigenvalue weighted by Crippen LogP contribution is -2.41. The number of nitrogens with one attached hydrogen (secondary N) is 1. The Morgan fingerprint density at radius 1 is 1.03 bits per heavy atom. The molecule has 0 radical (unpaired) electrons. The molecule has 0 unspecified atom stereocenters. The van der Waals surface area contributed by atoms with Crippen molar-refractivity contribution in [1.82, 2.24) is 10.2 Å². The molecule has 0 aromatic heterocycles. The summed E-state index contributed by atoms with van der Waals surface area (Å²) in [4.78, 5) is 26.8. The zero-order valence-corrected chi connectivity index (χ0v) is 21.6. The van der Waals surface area contributed by atoms with Gasteiger partial charge in [-0.2, -0.15) is 0 Å². The van der Waals surface area contributed by atoms with Crippen molar-refractivity contribution >= 4 is 39.1 Å². The van der Waals surface area contributed by atoms with E-state index in [-0.39, 0.29) is 17.3 Å². The van der Waals surface area contributed by atoms with E-state index < -0.39 is 22.5 Å². The minimum Gasteiger partial charge on any atom is -0.350 e. The minimum absolute atomic E-state index is 0.0846. The Bertz CT molecular complexity index is 1360. The van der Waals surface area contributed by atoms with Crippen LogP contribution in [0.3, 0.4) is 0 Å². The standard InChI is InChI=1S/C27H28ClN3O4S/c1-20-12-13-23(28)16-25(20)31(36(34,35)24-9-3-2-4-10-24)19-26(32)29-17-21-7-5-8-22(15-21)18-30-14-6-11-27(30)33/h2-5,7-10,12-13,15-16H,6,11,14,17-19H2,1H3,(H,29,32). The summed E-state index contributed by atoms with van der Waals surface area (Å²) < 4.78 is 28.1. The SMILES string of the molecule is Cc1ccc(Cl)cc1N(CC(=O)NCc1cccc(CN2CCCC2=O)c1)S(=O)(=O)c1ccccc1. The van der Waals surface area contributed by atoms with Gasteiger partial charge in [-0.05, 0) is 54.3 Å². The van der Waals surface area contributed by atoms with Gasteiger partial charge in [0.15, 0.2) is 0 Å². The second-order valence-electron chi connectivity index (χ2n) is 8.77. The lowest BCUT2D eigenvalue weighted by molar-refractivity contribution is -0.128. The van der Waals surface area contributed by atoms with E-state index in [1.165, 1.54) is 12.1 Å². The van der Waals surface area contributed by atoms with Gasteiger partial charge in [0.2, 0.25) is 11.8 Å². The number of aryl methyl sites for hydroxylation is 1. The Morgan fingerprint density at radius 2 is 1.78 bits per heavy atom. The quantitative estimate of drug-likeness (QED) is 0.451. The molecule has 0 aliphatic carbocycles. The molecule has 9 heteroatoms. The van der Waals surface area contributed by atoms with Gasteiger partial charge in [0.1, 0.15) is 6.54 Å². The molecule has 1 aliphatic rings. The zero-order chi connectivity index (χ0) is 25.7. The normalized spacial score (nSPS) is 13.6. The van der Waals surface area contributed by atoms with Gasteiger partial charge < -0.3 is 10.2 Å². The van der Waals surface area contributed by atoms with Crippen LogP contribution < -0.4 is 9.62 Å². The number of halogens is 1. The summed E-state index contributed by atoms with van der Waals surface area (Å²) in [6.07, 6.45) is 1.47. The Morgan fingerprint density at radius 3 is 2.50 bits per heavy atom. The number of amides is 2. The number of carbonyl (C=O) groups is 2. The van der Waals surface area contributed by atoms with Gasteiger partial charge in [-0.3, -0.25) is 13.9 Å². The maximum atomic E-state index is 13.5. The maximum Gasteiger partial charge on any atom is 0.264 e. The molecule has 0 saturated carbocycles. The number of likely N-dealkylation sites (tertiary alicyclic amines) is 1. The van der Waals surface area contributed by atoms with E-state index >= 15 is 0 Å². The van der Waals surface area contributed by atoms with Crippen LogP contribution in [0.2, 0.25) is 5.02 Å². The lowest BCUT2D eigenvalue weighted by Gasteiger charge is -2.26. The molecular weight excluding hydrogens is 498 g/mol. The third-order valence-electron chi connectivity index (χ3n) is 6.08. The summed E-state index contributed by atoms with van der Waals surface area (Å²) in [6.45, 7) is 2.90. The molecule has 3 aromatic rings. The van der Waals surface area contributed by atoms with Crippen molar-refractivity contribution in [2.45, 2.75) is 37.8 Å². The summed E-state index contributed by atoms with van der Waals surface area (Å²) >= 11 is 6.17. The van der Waals surface area contributed by atoms with Crippen molar-refractivity contribution in [2.24, 2.45) is 0 Å². The Labute approximate surface area is 216 Å². The Hall–Kier alpha value is -3.36. The molecule has 0 bridgehead atoms. The second kappa shape index (κ2) is 11.1. The van der Waals surface area contributed by atoms with Crippen LogP contribution in [-0.4, -0.2) is 38.2 Å². The number of anilines is 1. The fraction of sp³-hybridized carbons (Fsp3) is 0.259. The number of carbonyl (C=O) groups excluding carboxylic acids is 2. The van der Waals surface area contributed by atoms with Crippen LogP contribution in [0.25, 0.3) is 0 Å². The molecule has 1 heterocycles.